The summed E-state index contributed by atoms with van der Waals surface area (Å²) >= 11 is 0. The van der Waals surface area contributed by atoms with Crippen molar-refractivity contribution in [1.82, 2.24) is 10.6 Å². The molecule has 0 aliphatic rings. The van der Waals surface area contributed by atoms with E-state index in [2.05, 4.69) is 10.1 Å². The van der Waals surface area contributed by atoms with Crippen molar-refractivity contribution >= 4 is 27.8 Å². The van der Waals surface area contributed by atoms with Crippen molar-refractivity contribution in [2.75, 3.05) is 24.7 Å². The average Bonchev–Trinajstić information content (AvgIpc) is 2.40. The molecule has 0 aromatic rings. The highest BCUT2D eigenvalue weighted by molar-refractivity contribution is 7.91. The van der Waals surface area contributed by atoms with E-state index in [0.29, 0.717) is 12.8 Å². The van der Waals surface area contributed by atoms with E-state index in [4.69, 9.17) is 5.11 Å². The number of hydrogen-bond acceptors (Lipinski definition) is 6. The molecule has 0 rings (SSSR count). The number of sulfone groups is 1. The Balaban J connectivity index is 4.37. The van der Waals surface area contributed by atoms with E-state index >= 15 is 0 Å². The largest absolute Gasteiger partial charge is 0.480 e. The molecule has 3 N–H and O–H groups in total. The van der Waals surface area contributed by atoms with Crippen molar-refractivity contribution in [2.24, 2.45) is 0 Å². The minimum atomic E-state index is -3.58. The van der Waals surface area contributed by atoms with Gasteiger partial charge in [-0.05, 0) is 6.42 Å². The highest BCUT2D eigenvalue weighted by Crippen LogP contribution is 2.01. The Hall–Kier alpha value is -1.84. The van der Waals surface area contributed by atoms with E-state index in [-0.39, 0.29) is 24.8 Å². The molecule has 0 radical (unpaired) electrons. The molecule has 0 aliphatic heterocycles. The molecule has 0 bridgehead atoms. The van der Waals surface area contributed by atoms with Crippen LogP contribution >= 0.6 is 0 Å². The van der Waals surface area contributed by atoms with E-state index in [1.165, 1.54) is 6.92 Å². The monoisotopic (exact) mass is 338 g/mol. The van der Waals surface area contributed by atoms with Crippen LogP contribution in [0.4, 0.5) is 4.79 Å². The van der Waals surface area contributed by atoms with Crippen LogP contribution < -0.4 is 10.6 Å². The number of carboxylic acids is 1. The van der Waals surface area contributed by atoms with E-state index in [9.17, 15) is 22.8 Å². The third-order valence-corrected chi connectivity index (χ3v) is 4.28. The zero-order valence-electron chi connectivity index (χ0n) is 12.6. The third-order valence-electron chi connectivity index (χ3n) is 2.53. The van der Waals surface area contributed by atoms with Gasteiger partial charge >= 0.3 is 12.1 Å². The Morgan fingerprint density at radius 1 is 1.27 bits per heavy atom. The van der Waals surface area contributed by atoms with Crippen molar-refractivity contribution < 1.29 is 32.6 Å². The highest BCUT2D eigenvalue weighted by atomic mass is 32.2. The number of unbranched alkanes of at least 4 members (excludes halogenated alkanes) is 1. The molecule has 2 amide bonds. The van der Waals surface area contributed by atoms with Gasteiger partial charge in [0.25, 0.3) is 0 Å². The van der Waals surface area contributed by atoms with Crippen molar-refractivity contribution in [3.63, 3.8) is 0 Å². The first-order valence-electron chi connectivity index (χ1n) is 6.79. The first kappa shape index (κ1) is 20.2. The summed E-state index contributed by atoms with van der Waals surface area (Å²) in [6, 6.07) is -1.57. The fourth-order valence-corrected chi connectivity index (χ4v) is 3.06. The fourth-order valence-electron chi connectivity index (χ4n) is 1.43. The number of nitrogens with one attached hydrogen (secondary N) is 2. The molecular formula is C12H22N2O7S. The molecule has 0 aromatic heterocycles. The molecule has 10 heteroatoms. The third kappa shape index (κ3) is 9.97. The molecule has 0 saturated carbocycles. The lowest BCUT2D eigenvalue weighted by atomic mass is 10.3. The van der Waals surface area contributed by atoms with Crippen molar-refractivity contribution in [3.05, 3.63) is 0 Å². The maximum atomic E-state index is 11.7. The molecule has 128 valence electrons. The number of carboxylic acid groups (broad SMARTS) is 1. The molecule has 0 saturated heterocycles. The van der Waals surface area contributed by atoms with E-state index in [0.717, 1.165) is 0 Å². The number of alkyl carbamates (subject to hydrolysis) is 1. The predicted octanol–water partition coefficient (Wildman–Crippen LogP) is -0.483. The van der Waals surface area contributed by atoms with Gasteiger partial charge in [-0.1, -0.05) is 13.3 Å². The zero-order chi connectivity index (χ0) is 17.2. The molecule has 0 unspecified atom stereocenters. The van der Waals surface area contributed by atoms with Gasteiger partial charge in [0.15, 0.2) is 9.84 Å². The number of aliphatic carboxylic acids is 1. The van der Waals surface area contributed by atoms with Gasteiger partial charge in [-0.25, -0.2) is 18.0 Å². The Kier molecular flexibility index (Phi) is 9.15. The molecule has 0 aliphatic carbocycles. The number of carbonyl (C=O) groups excluding carboxylic acids is 2. The van der Waals surface area contributed by atoms with Gasteiger partial charge in [0, 0.05) is 6.92 Å². The quantitative estimate of drug-likeness (QED) is 0.457. The lowest BCUT2D eigenvalue weighted by Gasteiger charge is -2.14. The predicted molar refractivity (Wildman–Crippen MR) is 78.2 cm³/mol. The van der Waals surface area contributed by atoms with Crippen LogP contribution in [0.15, 0.2) is 0 Å². The second-order valence-electron chi connectivity index (χ2n) is 4.62. The van der Waals surface area contributed by atoms with E-state index in [1.807, 2.05) is 12.2 Å². The summed E-state index contributed by atoms with van der Waals surface area (Å²) in [7, 11) is -3.58. The second kappa shape index (κ2) is 9.98. The summed E-state index contributed by atoms with van der Waals surface area (Å²) in [4.78, 5) is 33.0. The van der Waals surface area contributed by atoms with Crippen LogP contribution in [0.5, 0.6) is 0 Å². The number of ether oxygens (including phenoxy) is 1. The van der Waals surface area contributed by atoms with Gasteiger partial charge in [0.2, 0.25) is 5.91 Å². The molecule has 22 heavy (non-hydrogen) atoms. The topological polar surface area (TPSA) is 139 Å². The molecule has 0 heterocycles. The summed E-state index contributed by atoms with van der Waals surface area (Å²) < 4.78 is 28.1. The smallest absolute Gasteiger partial charge is 0.407 e. The van der Waals surface area contributed by atoms with Crippen LogP contribution in [0.1, 0.15) is 26.7 Å². The van der Waals surface area contributed by atoms with Crippen LogP contribution in [0.2, 0.25) is 0 Å². The van der Waals surface area contributed by atoms with Crippen LogP contribution in [-0.4, -0.2) is 62.2 Å². The first-order chi connectivity index (χ1) is 10.2. The first-order valence-corrected chi connectivity index (χ1v) is 8.61. The normalized spacial score (nSPS) is 12.3. The number of rotatable bonds is 10. The van der Waals surface area contributed by atoms with E-state index < -0.39 is 33.7 Å². The minimum absolute atomic E-state index is 0.0787. The maximum absolute atomic E-state index is 11.7. The van der Waals surface area contributed by atoms with Gasteiger partial charge in [-0.15, -0.1) is 0 Å². The molecular weight excluding hydrogens is 316 g/mol. The molecule has 9 nitrogen and oxygen atoms in total. The van der Waals surface area contributed by atoms with E-state index in [1.54, 1.807) is 0 Å². The van der Waals surface area contributed by atoms with Gasteiger partial charge < -0.3 is 20.5 Å². The van der Waals surface area contributed by atoms with Gasteiger partial charge in [-0.2, -0.15) is 0 Å². The fraction of sp³-hybridized carbons (Fsp3) is 0.750. The number of hydrogen-bond donors (Lipinski definition) is 3. The lowest BCUT2D eigenvalue weighted by molar-refractivity contribution is -0.138. The number of amides is 2. The Morgan fingerprint density at radius 3 is 2.41 bits per heavy atom. The minimum Gasteiger partial charge on any atom is -0.480 e. The highest BCUT2D eigenvalue weighted by Gasteiger charge is 2.27. The summed E-state index contributed by atoms with van der Waals surface area (Å²) in [5.41, 5.74) is 0. The van der Waals surface area contributed by atoms with Gasteiger partial charge in [-0.3, -0.25) is 4.79 Å². The van der Waals surface area contributed by atoms with Crippen LogP contribution in [0.25, 0.3) is 0 Å². The summed E-state index contributed by atoms with van der Waals surface area (Å²) in [6.07, 6.45) is 0.0363. The van der Waals surface area contributed by atoms with Gasteiger partial charge in [0.1, 0.15) is 12.6 Å². The lowest BCUT2D eigenvalue weighted by Crippen LogP contribution is -2.46. The van der Waals surface area contributed by atoms with Crippen LogP contribution in [0.3, 0.4) is 0 Å². The van der Waals surface area contributed by atoms with Crippen molar-refractivity contribution in [1.29, 1.82) is 0 Å². The Morgan fingerprint density at radius 2 is 1.91 bits per heavy atom. The summed E-state index contributed by atoms with van der Waals surface area (Å²) in [5, 5.41) is 13.3. The van der Waals surface area contributed by atoms with Crippen molar-refractivity contribution in [3.8, 4) is 0 Å². The average molecular weight is 338 g/mol. The molecule has 1 atom stereocenters. The summed E-state index contributed by atoms with van der Waals surface area (Å²) in [5.74, 6) is -2.58. The molecule has 0 aromatic carbocycles. The summed E-state index contributed by atoms with van der Waals surface area (Å²) in [6.45, 7) is 3.03. The Labute approximate surface area is 129 Å². The molecule has 0 fully saturated rings. The Bertz CT molecular complexity index is 490. The van der Waals surface area contributed by atoms with Crippen LogP contribution in [0, 0.1) is 0 Å². The molecule has 0 spiro atoms. The number of carbonyl (C=O) groups is 3. The van der Waals surface area contributed by atoms with Crippen LogP contribution in [-0.2, 0) is 24.2 Å². The van der Waals surface area contributed by atoms with Crippen molar-refractivity contribution in [2.45, 2.75) is 32.7 Å². The SMILES string of the molecule is CCCCS(=O)(=O)C[C@@H](NC(=O)OCCNC(C)=O)C(=O)O. The van der Waals surface area contributed by atoms with Gasteiger partial charge in [0.05, 0.1) is 18.1 Å². The standard InChI is InChI=1S/C12H22N2O7S/c1-3-4-7-22(19,20)8-10(11(16)17)14-12(18)21-6-5-13-9(2)15/h10H,3-8H2,1-2H3,(H,13,15)(H,14,18)(H,16,17)/t10-/m1/s1. The zero-order valence-corrected chi connectivity index (χ0v) is 13.4. The maximum Gasteiger partial charge on any atom is 0.407 e. The second-order valence-corrected chi connectivity index (χ2v) is 6.85.